The molecule has 1 atom stereocenters. The molecule has 1 unspecified atom stereocenters. The van der Waals surface area contributed by atoms with Gasteiger partial charge in [-0.05, 0) is 43.2 Å². The number of halogens is 1. The van der Waals surface area contributed by atoms with Crippen LogP contribution in [-0.4, -0.2) is 26.7 Å². The number of hydrogen-bond donors (Lipinski definition) is 1. The fraction of sp³-hybridized carbons (Fsp3) is 0.357. The topological polar surface area (TPSA) is 38.0 Å². The third-order valence-corrected chi connectivity index (χ3v) is 4.32. The summed E-state index contributed by atoms with van der Waals surface area (Å²) in [4.78, 5) is 1.13. The summed E-state index contributed by atoms with van der Waals surface area (Å²) >= 11 is 7.48. The van der Waals surface area contributed by atoms with Gasteiger partial charge in [-0.25, -0.2) is 0 Å². The molecule has 19 heavy (non-hydrogen) atoms. The quantitative estimate of drug-likeness (QED) is 0.832. The first kappa shape index (κ1) is 14.4. The fourth-order valence-electron chi connectivity index (χ4n) is 1.77. The van der Waals surface area contributed by atoms with Crippen molar-refractivity contribution >= 4 is 23.4 Å². The Hall–Kier alpha value is -0.970. The van der Waals surface area contributed by atoms with Gasteiger partial charge in [0, 0.05) is 34.6 Å². The number of nitrogens with zero attached hydrogens (tertiary/aromatic N) is 2. The zero-order chi connectivity index (χ0) is 13.7. The lowest BCUT2D eigenvalue weighted by Crippen LogP contribution is -2.12. The Morgan fingerprint density at radius 2 is 2.05 bits per heavy atom. The Kier molecular flexibility index (Phi) is 5.31. The molecule has 1 aromatic carbocycles. The van der Waals surface area contributed by atoms with Crippen molar-refractivity contribution in [3.63, 3.8) is 0 Å². The van der Waals surface area contributed by atoms with Crippen LogP contribution >= 0.6 is 23.4 Å². The molecule has 1 N–H and O–H groups in total. The van der Waals surface area contributed by atoms with Crippen LogP contribution in [0.15, 0.2) is 41.4 Å². The van der Waals surface area contributed by atoms with E-state index in [0.29, 0.717) is 5.75 Å². The highest BCUT2D eigenvalue weighted by atomic mass is 35.5. The number of rotatable bonds is 6. The standard InChI is InChI=1S/C14H17ClN2OS/c1-17-12(8-9-16-17)4-5-13(18)10-19-14-6-2-11(15)3-7-14/h2-3,6-9,13,18H,4-5,10H2,1H3. The maximum absolute atomic E-state index is 9.98. The highest BCUT2D eigenvalue weighted by Crippen LogP contribution is 2.21. The lowest BCUT2D eigenvalue weighted by Gasteiger charge is -2.10. The van der Waals surface area contributed by atoms with Crippen molar-refractivity contribution < 1.29 is 5.11 Å². The van der Waals surface area contributed by atoms with Crippen LogP contribution in [0.4, 0.5) is 0 Å². The summed E-state index contributed by atoms with van der Waals surface area (Å²) in [5.74, 6) is 0.694. The molecule has 1 aromatic heterocycles. The van der Waals surface area contributed by atoms with E-state index in [4.69, 9.17) is 11.6 Å². The van der Waals surface area contributed by atoms with Gasteiger partial charge in [0.05, 0.1) is 6.10 Å². The zero-order valence-electron chi connectivity index (χ0n) is 10.8. The molecular weight excluding hydrogens is 280 g/mol. The number of aryl methyl sites for hydroxylation is 2. The van der Waals surface area contributed by atoms with Gasteiger partial charge in [0.15, 0.2) is 0 Å². The van der Waals surface area contributed by atoms with Crippen LogP contribution in [0.3, 0.4) is 0 Å². The van der Waals surface area contributed by atoms with Gasteiger partial charge in [-0.3, -0.25) is 4.68 Å². The maximum Gasteiger partial charge on any atom is 0.0637 e. The van der Waals surface area contributed by atoms with Crippen molar-refractivity contribution in [2.75, 3.05) is 5.75 Å². The second-order valence-electron chi connectivity index (χ2n) is 4.40. The summed E-state index contributed by atoms with van der Waals surface area (Å²) in [7, 11) is 1.92. The van der Waals surface area contributed by atoms with E-state index < -0.39 is 0 Å². The summed E-state index contributed by atoms with van der Waals surface area (Å²) in [6.45, 7) is 0. The number of aliphatic hydroxyl groups is 1. The zero-order valence-corrected chi connectivity index (χ0v) is 12.4. The first-order valence-electron chi connectivity index (χ1n) is 6.18. The summed E-state index contributed by atoms with van der Waals surface area (Å²) in [5.41, 5.74) is 1.15. The molecule has 0 aliphatic carbocycles. The summed E-state index contributed by atoms with van der Waals surface area (Å²) in [5, 5.41) is 14.8. The van der Waals surface area contributed by atoms with Crippen molar-refractivity contribution in [2.45, 2.75) is 23.8 Å². The minimum Gasteiger partial charge on any atom is -0.392 e. The predicted octanol–water partition coefficient (Wildman–Crippen LogP) is 3.16. The highest BCUT2D eigenvalue weighted by Gasteiger charge is 2.07. The second-order valence-corrected chi connectivity index (χ2v) is 5.93. The van der Waals surface area contributed by atoms with E-state index in [1.807, 2.05) is 42.1 Å². The maximum atomic E-state index is 9.98. The molecule has 0 bridgehead atoms. The van der Waals surface area contributed by atoms with E-state index in [1.54, 1.807) is 18.0 Å². The first-order chi connectivity index (χ1) is 9.15. The Morgan fingerprint density at radius 3 is 2.68 bits per heavy atom. The second kappa shape index (κ2) is 6.98. The number of aliphatic hydroxyl groups excluding tert-OH is 1. The third kappa shape index (κ3) is 4.56. The molecule has 0 aliphatic heterocycles. The van der Waals surface area contributed by atoms with Crippen LogP contribution in [0.2, 0.25) is 5.02 Å². The van der Waals surface area contributed by atoms with Gasteiger partial charge in [0.1, 0.15) is 0 Å². The van der Waals surface area contributed by atoms with Crippen molar-refractivity contribution in [1.29, 1.82) is 0 Å². The molecular formula is C14H17ClN2OS. The van der Waals surface area contributed by atoms with Crippen LogP contribution in [0.5, 0.6) is 0 Å². The lowest BCUT2D eigenvalue weighted by molar-refractivity contribution is 0.188. The molecule has 0 saturated heterocycles. The minimum atomic E-state index is -0.310. The van der Waals surface area contributed by atoms with Gasteiger partial charge in [-0.15, -0.1) is 11.8 Å². The van der Waals surface area contributed by atoms with Crippen LogP contribution in [-0.2, 0) is 13.5 Å². The number of hydrogen-bond acceptors (Lipinski definition) is 3. The van der Waals surface area contributed by atoms with Crippen molar-refractivity contribution in [2.24, 2.45) is 7.05 Å². The Bertz CT molecular complexity index is 512. The van der Waals surface area contributed by atoms with Gasteiger partial charge in [-0.2, -0.15) is 5.10 Å². The fourth-order valence-corrected chi connectivity index (χ4v) is 2.77. The van der Waals surface area contributed by atoms with Crippen molar-refractivity contribution in [1.82, 2.24) is 9.78 Å². The number of aromatic nitrogens is 2. The molecule has 2 aromatic rings. The average molecular weight is 297 g/mol. The molecule has 0 spiro atoms. The normalized spacial score (nSPS) is 12.6. The van der Waals surface area contributed by atoms with E-state index in [9.17, 15) is 5.11 Å². The number of benzene rings is 1. The number of thioether (sulfide) groups is 1. The van der Waals surface area contributed by atoms with Crippen LogP contribution < -0.4 is 0 Å². The first-order valence-corrected chi connectivity index (χ1v) is 7.55. The predicted molar refractivity (Wildman–Crippen MR) is 79.7 cm³/mol. The highest BCUT2D eigenvalue weighted by molar-refractivity contribution is 7.99. The Balaban J connectivity index is 1.74. The third-order valence-electron chi connectivity index (χ3n) is 2.91. The van der Waals surface area contributed by atoms with Crippen molar-refractivity contribution in [3.05, 3.63) is 47.2 Å². The molecule has 0 amide bonds. The molecule has 1 heterocycles. The molecule has 2 rings (SSSR count). The monoisotopic (exact) mass is 296 g/mol. The lowest BCUT2D eigenvalue weighted by atomic mass is 10.2. The molecule has 0 radical (unpaired) electrons. The Labute approximate surface area is 122 Å². The summed E-state index contributed by atoms with van der Waals surface area (Å²) < 4.78 is 1.85. The van der Waals surface area contributed by atoms with Crippen LogP contribution in [0.25, 0.3) is 0 Å². The summed E-state index contributed by atoms with van der Waals surface area (Å²) in [6.07, 6.45) is 3.07. The largest absolute Gasteiger partial charge is 0.392 e. The van der Waals surface area contributed by atoms with Crippen LogP contribution in [0, 0.1) is 0 Å². The smallest absolute Gasteiger partial charge is 0.0637 e. The minimum absolute atomic E-state index is 0.310. The van der Waals surface area contributed by atoms with Gasteiger partial charge in [0.2, 0.25) is 0 Å². The van der Waals surface area contributed by atoms with Gasteiger partial charge in [-0.1, -0.05) is 11.6 Å². The molecule has 102 valence electrons. The Morgan fingerprint density at radius 1 is 1.32 bits per heavy atom. The van der Waals surface area contributed by atoms with Crippen molar-refractivity contribution in [3.8, 4) is 0 Å². The van der Waals surface area contributed by atoms with E-state index in [-0.39, 0.29) is 6.10 Å². The molecule has 0 aliphatic rings. The van der Waals surface area contributed by atoms with Gasteiger partial charge in [0.25, 0.3) is 0 Å². The molecule has 5 heteroatoms. The SMILES string of the molecule is Cn1nccc1CCC(O)CSc1ccc(Cl)cc1. The molecule has 0 saturated carbocycles. The van der Waals surface area contributed by atoms with E-state index in [0.717, 1.165) is 28.5 Å². The van der Waals surface area contributed by atoms with Crippen LogP contribution in [0.1, 0.15) is 12.1 Å². The average Bonchev–Trinajstić information content (AvgIpc) is 2.81. The van der Waals surface area contributed by atoms with Gasteiger partial charge >= 0.3 is 0 Å². The summed E-state index contributed by atoms with van der Waals surface area (Å²) in [6, 6.07) is 9.67. The van der Waals surface area contributed by atoms with E-state index >= 15 is 0 Å². The van der Waals surface area contributed by atoms with Gasteiger partial charge < -0.3 is 5.11 Å². The van der Waals surface area contributed by atoms with E-state index in [1.165, 1.54) is 0 Å². The molecule has 0 fully saturated rings. The van der Waals surface area contributed by atoms with E-state index in [2.05, 4.69) is 5.10 Å². The molecule has 3 nitrogen and oxygen atoms in total.